The first kappa shape index (κ1) is 24.5. The number of carboxylic acids is 1. The quantitative estimate of drug-likeness (QED) is 0.386. The van der Waals surface area contributed by atoms with Gasteiger partial charge in [-0.05, 0) is 48.8 Å². The van der Waals surface area contributed by atoms with Gasteiger partial charge in [0.05, 0.1) is 23.7 Å². The predicted molar refractivity (Wildman–Crippen MR) is 122 cm³/mol. The van der Waals surface area contributed by atoms with Crippen LogP contribution < -0.4 is 0 Å². The summed E-state index contributed by atoms with van der Waals surface area (Å²) in [4.78, 5) is 27.9. The summed E-state index contributed by atoms with van der Waals surface area (Å²) in [5.41, 5.74) is 4.23. The topological polar surface area (TPSA) is 87.5 Å². The second kappa shape index (κ2) is 10.7. The molecule has 0 bridgehead atoms. The molecular formula is C25H22CaFNO4+2. The summed E-state index contributed by atoms with van der Waals surface area (Å²) in [6.45, 7) is 0. The predicted octanol–water partition coefficient (Wildman–Crippen LogP) is 4.35. The van der Waals surface area contributed by atoms with Gasteiger partial charge in [-0.2, -0.15) is 0 Å². The van der Waals surface area contributed by atoms with Gasteiger partial charge in [-0.15, -0.1) is 0 Å². The van der Waals surface area contributed by atoms with Gasteiger partial charge in [-0.3, -0.25) is 14.6 Å². The number of hydrogen-bond donors (Lipinski definition) is 2. The van der Waals surface area contributed by atoms with E-state index in [1.807, 2.05) is 24.3 Å². The normalized spacial score (nSPS) is 14.3. The smallest absolute Gasteiger partial charge is 0.481 e. The standard InChI is InChI=1S/C25H22FNO4.Ca/c26-17-9-7-15(8-10-17)24-20-3-1-2-4-22(20)27-25(16-5-6-16)21(24)12-11-18(28)13-19(29)14-23(30)31;/h1-4,7-12,16,19,29H,5-6,13-14H2,(H,30,31);/q;+2/b12-11+;. The van der Waals surface area contributed by atoms with Crippen LogP contribution in [0.1, 0.15) is 42.9 Å². The molecule has 1 unspecified atom stereocenters. The van der Waals surface area contributed by atoms with Crippen molar-refractivity contribution in [2.24, 2.45) is 0 Å². The molecule has 0 aliphatic heterocycles. The largest absolute Gasteiger partial charge is 2.00 e. The third-order valence-corrected chi connectivity index (χ3v) is 5.34. The number of pyridine rings is 1. The maximum atomic E-state index is 13.6. The summed E-state index contributed by atoms with van der Waals surface area (Å²) >= 11 is 0. The van der Waals surface area contributed by atoms with Gasteiger partial charge in [-0.1, -0.05) is 30.3 Å². The fourth-order valence-electron chi connectivity index (χ4n) is 3.76. The van der Waals surface area contributed by atoms with Crippen molar-refractivity contribution in [1.82, 2.24) is 4.98 Å². The molecule has 158 valence electrons. The molecule has 2 N–H and O–H groups in total. The summed E-state index contributed by atoms with van der Waals surface area (Å²) in [7, 11) is 0. The van der Waals surface area contributed by atoms with Crippen molar-refractivity contribution < 1.29 is 24.2 Å². The molecule has 0 amide bonds. The van der Waals surface area contributed by atoms with E-state index in [0.717, 1.165) is 46.1 Å². The van der Waals surface area contributed by atoms with Gasteiger partial charge < -0.3 is 10.2 Å². The minimum atomic E-state index is -1.23. The maximum absolute atomic E-state index is 13.6. The molecule has 1 aromatic heterocycles. The molecule has 1 aliphatic carbocycles. The number of aromatic nitrogens is 1. The zero-order valence-corrected chi connectivity index (χ0v) is 19.7. The van der Waals surface area contributed by atoms with Crippen molar-refractivity contribution in [2.75, 3.05) is 0 Å². The number of para-hydroxylation sites is 1. The van der Waals surface area contributed by atoms with Crippen LogP contribution in [0.25, 0.3) is 28.1 Å². The maximum Gasteiger partial charge on any atom is 2.00 e. The van der Waals surface area contributed by atoms with Crippen molar-refractivity contribution in [1.29, 1.82) is 0 Å². The SMILES string of the molecule is O=C(O)CC(O)CC(=O)/C=C/c1c(C2CC2)nc2ccccc2c1-c1ccc(F)cc1.[Ca+2]. The number of benzene rings is 2. The first-order valence-corrected chi connectivity index (χ1v) is 10.2. The Bertz CT molecular complexity index is 1170. The molecule has 2 aromatic carbocycles. The van der Waals surface area contributed by atoms with Crippen molar-refractivity contribution in [3.8, 4) is 11.1 Å². The fourth-order valence-corrected chi connectivity index (χ4v) is 3.76. The second-order valence-electron chi connectivity index (χ2n) is 7.84. The summed E-state index contributed by atoms with van der Waals surface area (Å²) in [6, 6.07) is 14.0. The number of ketones is 1. The van der Waals surface area contributed by atoms with Crippen LogP contribution in [-0.2, 0) is 9.59 Å². The third kappa shape index (κ3) is 5.81. The van der Waals surface area contributed by atoms with E-state index in [9.17, 15) is 19.1 Å². The van der Waals surface area contributed by atoms with Gasteiger partial charge in [0.25, 0.3) is 0 Å². The number of carbonyl (C=O) groups excluding carboxylic acids is 1. The van der Waals surface area contributed by atoms with E-state index in [4.69, 9.17) is 10.1 Å². The number of allylic oxidation sites excluding steroid dienone is 1. The summed E-state index contributed by atoms with van der Waals surface area (Å²) < 4.78 is 13.6. The van der Waals surface area contributed by atoms with Crippen LogP contribution in [0.2, 0.25) is 0 Å². The van der Waals surface area contributed by atoms with E-state index in [0.29, 0.717) is 5.92 Å². The molecule has 1 aliphatic rings. The van der Waals surface area contributed by atoms with E-state index < -0.39 is 18.5 Å². The third-order valence-electron chi connectivity index (χ3n) is 5.34. The van der Waals surface area contributed by atoms with E-state index in [-0.39, 0.29) is 55.8 Å². The first-order valence-electron chi connectivity index (χ1n) is 10.2. The Balaban J connectivity index is 0.00000289. The van der Waals surface area contributed by atoms with Crippen molar-refractivity contribution in [3.63, 3.8) is 0 Å². The number of fused-ring (bicyclic) bond motifs is 1. The van der Waals surface area contributed by atoms with Gasteiger partial charge in [0.15, 0.2) is 5.78 Å². The van der Waals surface area contributed by atoms with Crippen molar-refractivity contribution >= 4 is 66.5 Å². The summed E-state index contributed by atoms with van der Waals surface area (Å²) in [5.74, 6) is -1.55. The molecule has 1 atom stereocenters. The molecule has 1 saturated carbocycles. The number of aliphatic carboxylic acids is 1. The van der Waals surface area contributed by atoms with Crippen LogP contribution in [0.15, 0.2) is 54.6 Å². The monoisotopic (exact) mass is 459 g/mol. The van der Waals surface area contributed by atoms with Gasteiger partial charge >= 0.3 is 43.7 Å². The minimum absolute atomic E-state index is 0. The molecule has 4 rings (SSSR count). The number of carbonyl (C=O) groups is 2. The molecule has 3 aromatic rings. The Labute approximate surface area is 215 Å². The van der Waals surface area contributed by atoms with Gasteiger partial charge in [0.1, 0.15) is 5.82 Å². The number of aliphatic hydroxyl groups excluding tert-OH is 1. The minimum Gasteiger partial charge on any atom is -0.481 e. The zero-order valence-electron chi connectivity index (χ0n) is 17.5. The van der Waals surface area contributed by atoms with Crippen LogP contribution in [-0.4, -0.2) is 70.8 Å². The fraction of sp³-hybridized carbons (Fsp3) is 0.240. The first-order chi connectivity index (χ1) is 14.9. The molecule has 0 saturated heterocycles. The average Bonchev–Trinajstić information content (AvgIpc) is 3.56. The van der Waals surface area contributed by atoms with Gasteiger partial charge in [0.2, 0.25) is 0 Å². The molecule has 0 spiro atoms. The Morgan fingerprint density at radius 2 is 1.78 bits per heavy atom. The number of nitrogens with zero attached hydrogens (tertiary/aromatic N) is 1. The molecule has 1 fully saturated rings. The van der Waals surface area contributed by atoms with Gasteiger partial charge in [-0.25, -0.2) is 4.39 Å². The number of rotatable bonds is 8. The second-order valence-corrected chi connectivity index (χ2v) is 7.84. The van der Waals surface area contributed by atoms with E-state index in [2.05, 4.69) is 0 Å². The van der Waals surface area contributed by atoms with Crippen molar-refractivity contribution in [3.05, 3.63) is 71.7 Å². The molecule has 0 radical (unpaired) electrons. The van der Waals surface area contributed by atoms with Crippen LogP contribution in [0.4, 0.5) is 4.39 Å². The Morgan fingerprint density at radius 3 is 2.44 bits per heavy atom. The van der Waals surface area contributed by atoms with Crippen LogP contribution in [0.3, 0.4) is 0 Å². The number of carboxylic acid groups (broad SMARTS) is 1. The molecular weight excluding hydrogens is 437 g/mol. The van der Waals surface area contributed by atoms with E-state index >= 15 is 0 Å². The Kier molecular flexibility index (Phi) is 8.17. The van der Waals surface area contributed by atoms with Gasteiger partial charge in [0, 0.05) is 28.9 Å². The molecule has 1 heterocycles. The molecule has 7 heteroatoms. The average molecular weight is 460 g/mol. The molecule has 32 heavy (non-hydrogen) atoms. The van der Waals surface area contributed by atoms with Crippen LogP contribution in [0.5, 0.6) is 0 Å². The van der Waals surface area contributed by atoms with Crippen LogP contribution in [0, 0.1) is 5.82 Å². The van der Waals surface area contributed by atoms with E-state index in [1.165, 1.54) is 18.2 Å². The van der Waals surface area contributed by atoms with Crippen molar-refractivity contribution in [2.45, 2.75) is 37.7 Å². The summed E-state index contributed by atoms with van der Waals surface area (Å²) in [5, 5.41) is 19.4. The van der Waals surface area contributed by atoms with E-state index in [1.54, 1.807) is 18.2 Å². The number of halogens is 1. The number of hydrogen-bond acceptors (Lipinski definition) is 4. The summed E-state index contributed by atoms with van der Waals surface area (Å²) in [6.07, 6.45) is 3.11. The van der Waals surface area contributed by atoms with Crippen LogP contribution >= 0.6 is 0 Å². The zero-order chi connectivity index (χ0) is 22.0. The molecule has 5 nitrogen and oxygen atoms in total. The number of aliphatic hydroxyl groups is 1. The Hall–Kier alpha value is -2.12. The Morgan fingerprint density at radius 1 is 1.09 bits per heavy atom.